The summed E-state index contributed by atoms with van der Waals surface area (Å²) >= 11 is 0. The van der Waals surface area contributed by atoms with Crippen molar-refractivity contribution in [1.82, 2.24) is 0 Å². The Morgan fingerprint density at radius 2 is 1.76 bits per heavy atom. The molecule has 7 heteroatoms. The van der Waals surface area contributed by atoms with Crippen LogP contribution in [0, 0.1) is 11.3 Å². The first-order valence-electron chi connectivity index (χ1n) is 5.11. The number of aliphatic hydroxyl groups is 3. The molecule has 0 rings (SSSR count). The van der Waals surface area contributed by atoms with Crippen molar-refractivity contribution < 1.29 is 34.8 Å². The Hall–Kier alpha value is -1.18. The largest absolute Gasteiger partial charge is 0.481 e. The maximum atomic E-state index is 11.2. The van der Waals surface area contributed by atoms with Gasteiger partial charge in [-0.3, -0.25) is 9.59 Å². The van der Waals surface area contributed by atoms with E-state index in [4.69, 9.17) is 25.2 Å². The van der Waals surface area contributed by atoms with E-state index in [1.54, 1.807) is 0 Å². The van der Waals surface area contributed by atoms with E-state index in [2.05, 4.69) is 0 Å². The maximum absolute atomic E-state index is 11.2. The van der Waals surface area contributed by atoms with Crippen LogP contribution >= 0.6 is 0 Å². The van der Waals surface area contributed by atoms with Crippen LogP contribution in [-0.4, -0.2) is 58.8 Å². The second-order valence-electron chi connectivity index (χ2n) is 4.12. The summed E-state index contributed by atoms with van der Waals surface area (Å²) in [6.45, 7) is -0.581. The lowest BCUT2D eigenvalue weighted by molar-refractivity contribution is -0.161. The lowest BCUT2D eigenvalue weighted by Gasteiger charge is -2.21. The quantitative estimate of drug-likeness (QED) is 0.391. The van der Waals surface area contributed by atoms with Gasteiger partial charge in [0.2, 0.25) is 0 Å². The zero-order valence-corrected chi connectivity index (χ0v) is 9.63. The number of hydrogen-bond acceptors (Lipinski definition) is 6. The van der Waals surface area contributed by atoms with Crippen molar-refractivity contribution in [2.45, 2.75) is 13.3 Å². The summed E-state index contributed by atoms with van der Waals surface area (Å²) in [4.78, 5) is 22.0. The molecule has 0 saturated heterocycles. The van der Waals surface area contributed by atoms with E-state index >= 15 is 0 Å². The van der Waals surface area contributed by atoms with Crippen molar-refractivity contribution >= 4 is 11.9 Å². The average Bonchev–Trinajstić information content (AvgIpc) is 2.32. The van der Waals surface area contributed by atoms with E-state index in [1.807, 2.05) is 0 Å². The van der Waals surface area contributed by atoms with Crippen LogP contribution < -0.4 is 0 Å². The van der Waals surface area contributed by atoms with Crippen molar-refractivity contribution in [2.75, 3.05) is 26.4 Å². The van der Waals surface area contributed by atoms with Crippen molar-refractivity contribution in [1.29, 1.82) is 0 Å². The highest BCUT2D eigenvalue weighted by Crippen LogP contribution is 2.16. The highest BCUT2D eigenvalue weighted by molar-refractivity contribution is 5.75. The van der Waals surface area contributed by atoms with Gasteiger partial charge in [-0.2, -0.15) is 0 Å². The molecule has 0 aromatic heterocycles. The minimum absolute atomic E-state index is 0.200. The standard InChI is InChI=1S/C10H18O7/c1-10(5-13,9(15)16)6-17-8(14)2-7(3-11)4-12/h7,11-13H,2-6H2,1H3,(H,15,16). The smallest absolute Gasteiger partial charge is 0.315 e. The molecule has 0 saturated carbocycles. The number of rotatable bonds is 8. The van der Waals surface area contributed by atoms with Crippen LogP contribution in [-0.2, 0) is 14.3 Å². The maximum Gasteiger partial charge on any atom is 0.315 e. The third kappa shape index (κ3) is 5.12. The molecule has 0 aromatic carbocycles. The first-order valence-corrected chi connectivity index (χ1v) is 5.11. The summed E-state index contributed by atoms with van der Waals surface area (Å²) in [7, 11) is 0. The Bertz CT molecular complexity index is 261. The molecule has 0 spiro atoms. The van der Waals surface area contributed by atoms with E-state index in [1.165, 1.54) is 6.92 Å². The van der Waals surface area contributed by atoms with Crippen LogP contribution in [0.15, 0.2) is 0 Å². The first-order chi connectivity index (χ1) is 7.89. The lowest BCUT2D eigenvalue weighted by atomic mass is 9.93. The summed E-state index contributed by atoms with van der Waals surface area (Å²) in [6, 6.07) is 0. The molecule has 1 unspecified atom stereocenters. The number of aliphatic hydroxyl groups excluding tert-OH is 3. The van der Waals surface area contributed by atoms with Crippen LogP contribution in [0.25, 0.3) is 0 Å². The number of esters is 1. The van der Waals surface area contributed by atoms with Crippen molar-refractivity contribution in [2.24, 2.45) is 11.3 Å². The fourth-order valence-corrected chi connectivity index (χ4v) is 0.896. The summed E-state index contributed by atoms with van der Waals surface area (Å²) < 4.78 is 4.69. The van der Waals surface area contributed by atoms with Gasteiger partial charge in [-0.05, 0) is 6.92 Å². The molecule has 100 valence electrons. The van der Waals surface area contributed by atoms with Gasteiger partial charge in [-0.1, -0.05) is 0 Å². The molecule has 0 fully saturated rings. The number of hydrogen-bond donors (Lipinski definition) is 4. The van der Waals surface area contributed by atoms with Gasteiger partial charge in [-0.15, -0.1) is 0 Å². The van der Waals surface area contributed by atoms with E-state index < -0.39 is 36.5 Å². The number of aliphatic carboxylic acids is 1. The molecule has 0 aliphatic heterocycles. The van der Waals surface area contributed by atoms with Crippen LogP contribution in [0.2, 0.25) is 0 Å². The number of carbonyl (C=O) groups is 2. The van der Waals surface area contributed by atoms with Gasteiger partial charge < -0.3 is 25.2 Å². The van der Waals surface area contributed by atoms with Gasteiger partial charge in [0, 0.05) is 19.1 Å². The monoisotopic (exact) mass is 250 g/mol. The Kier molecular flexibility index (Phi) is 6.71. The lowest BCUT2D eigenvalue weighted by Crippen LogP contribution is -2.37. The Morgan fingerprint density at radius 1 is 1.24 bits per heavy atom. The van der Waals surface area contributed by atoms with Crippen molar-refractivity contribution in [3.8, 4) is 0 Å². The number of carboxylic acid groups (broad SMARTS) is 1. The molecule has 0 aliphatic carbocycles. The fourth-order valence-electron chi connectivity index (χ4n) is 0.896. The van der Waals surface area contributed by atoms with E-state index in [9.17, 15) is 9.59 Å². The molecule has 0 bridgehead atoms. The zero-order valence-electron chi connectivity index (χ0n) is 9.63. The van der Waals surface area contributed by atoms with E-state index in [0.29, 0.717) is 0 Å². The molecular weight excluding hydrogens is 232 g/mol. The third-order valence-electron chi connectivity index (χ3n) is 2.39. The molecule has 4 N–H and O–H groups in total. The van der Waals surface area contributed by atoms with Crippen LogP contribution in [0.4, 0.5) is 0 Å². The Morgan fingerprint density at radius 3 is 2.12 bits per heavy atom. The Balaban J connectivity index is 4.19. The van der Waals surface area contributed by atoms with Gasteiger partial charge in [0.05, 0.1) is 13.0 Å². The van der Waals surface area contributed by atoms with Crippen molar-refractivity contribution in [3.63, 3.8) is 0 Å². The van der Waals surface area contributed by atoms with Gasteiger partial charge in [0.15, 0.2) is 0 Å². The van der Waals surface area contributed by atoms with Gasteiger partial charge in [0.25, 0.3) is 0 Å². The SMILES string of the molecule is CC(CO)(COC(=O)CC(CO)CO)C(=O)O. The average molecular weight is 250 g/mol. The Labute approximate surface area is 98.6 Å². The first kappa shape index (κ1) is 15.8. The zero-order chi connectivity index (χ0) is 13.5. The molecule has 7 nitrogen and oxygen atoms in total. The summed E-state index contributed by atoms with van der Waals surface area (Å²) in [5.74, 6) is -2.61. The summed E-state index contributed by atoms with van der Waals surface area (Å²) in [6.07, 6.45) is -0.200. The number of carbonyl (C=O) groups excluding carboxylic acids is 1. The predicted octanol–water partition coefficient (Wildman–Crippen LogP) is -1.40. The topological polar surface area (TPSA) is 124 Å². The second kappa shape index (κ2) is 7.21. The van der Waals surface area contributed by atoms with E-state index in [0.717, 1.165) is 0 Å². The third-order valence-corrected chi connectivity index (χ3v) is 2.39. The number of carboxylic acids is 1. The molecule has 17 heavy (non-hydrogen) atoms. The van der Waals surface area contributed by atoms with Crippen molar-refractivity contribution in [3.05, 3.63) is 0 Å². The van der Waals surface area contributed by atoms with Gasteiger partial charge in [-0.25, -0.2) is 0 Å². The fraction of sp³-hybridized carbons (Fsp3) is 0.800. The predicted molar refractivity (Wildman–Crippen MR) is 56.1 cm³/mol. The van der Waals surface area contributed by atoms with Gasteiger partial charge >= 0.3 is 11.9 Å². The molecule has 1 atom stereocenters. The molecular formula is C10H18O7. The summed E-state index contributed by atoms with van der Waals surface area (Å²) in [5, 5.41) is 35.2. The molecule has 0 amide bonds. The van der Waals surface area contributed by atoms with E-state index in [-0.39, 0.29) is 19.6 Å². The van der Waals surface area contributed by atoms with Crippen LogP contribution in [0.5, 0.6) is 0 Å². The summed E-state index contributed by atoms with van der Waals surface area (Å²) in [5.41, 5.74) is -1.54. The second-order valence-corrected chi connectivity index (χ2v) is 4.12. The highest BCUT2D eigenvalue weighted by atomic mass is 16.5. The normalized spacial score (nSPS) is 14.4. The number of ether oxygens (including phenoxy) is 1. The molecule has 0 aromatic rings. The van der Waals surface area contributed by atoms with Gasteiger partial charge in [0.1, 0.15) is 12.0 Å². The van der Waals surface area contributed by atoms with Crippen LogP contribution in [0.1, 0.15) is 13.3 Å². The highest BCUT2D eigenvalue weighted by Gasteiger charge is 2.34. The molecule has 0 radical (unpaired) electrons. The minimum Gasteiger partial charge on any atom is -0.481 e. The van der Waals surface area contributed by atoms with Crippen LogP contribution in [0.3, 0.4) is 0 Å². The molecule has 0 aliphatic rings. The minimum atomic E-state index is -1.54. The molecule has 0 heterocycles.